The highest BCUT2D eigenvalue weighted by Gasteiger charge is 2.47. The number of benzene rings is 3. The van der Waals surface area contributed by atoms with Crippen molar-refractivity contribution in [3.63, 3.8) is 0 Å². The van der Waals surface area contributed by atoms with Crippen LogP contribution in [0.5, 0.6) is 5.75 Å². The predicted octanol–water partition coefficient (Wildman–Crippen LogP) is 2.85. The van der Waals surface area contributed by atoms with Crippen molar-refractivity contribution in [2.24, 2.45) is 0 Å². The second-order valence-corrected chi connectivity index (χ2v) is 7.10. The minimum absolute atomic E-state index is 0.344. The van der Waals surface area contributed by atoms with Crippen molar-refractivity contribution in [3.8, 4) is 5.75 Å². The maximum atomic E-state index is 13.3. The molecule has 3 aromatic rings. The van der Waals surface area contributed by atoms with Crippen LogP contribution in [0.15, 0.2) is 78.9 Å². The van der Waals surface area contributed by atoms with E-state index < -0.39 is 12.1 Å². The van der Waals surface area contributed by atoms with Crippen molar-refractivity contribution >= 4 is 18.0 Å². The lowest BCUT2D eigenvalue weighted by molar-refractivity contribution is -0.596. The highest BCUT2D eigenvalue weighted by molar-refractivity contribution is 5.98. The summed E-state index contributed by atoms with van der Waals surface area (Å²) < 4.78 is 20.1. The van der Waals surface area contributed by atoms with E-state index in [9.17, 15) is 14.0 Å². The average Bonchev–Trinajstić information content (AvgIpc) is 3.10. The van der Waals surface area contributed by atoms with Crippen LogP contribution >= 0.6 is 0 Å². The van der Waals surface area contributed by atoms with Gasteiger partial charge in [-0.1, -0.05) is 18.2 Å². The van der Waals surface area contributed by atoms with Crippen molar-refractivity contribution in [1.29, 1.82) is 0 Å². The normalized spacial score (nSPS) is 19.2. The lowest BCUT2D eigenvalue weighted by atomic mass is 9.99. The maximum Gasteiger partial charge on any atom is 0.304 e. The predicted molar refractivity (Wildman–Crippen MR) is 113 cm³/mol. The molecule has 1 aliphatic heterocycles. The molecule has 2 N–H and O–H groups in total. The fraction of sp³-hybridized carbons (Fsp3) is 0.125. The minimum Gasteiger partial charge on any atom is -0.497 e. The van der Waals surface area contributed by atoms with Crippen LogP contribution in [-0.4, -0.2) is 35.9 Å². The highest BCUT2D eigenvalue weighted by atomic mass is 19.1. The van der Waals surface area contributed by atoms with E-state index in [4.69, 9.17) is 4.74 Å². The first kappa shape index (κ1) is 20.3. The summed E-state index contributed by atoms with van der Waals surface area (Å²) in [7, 11) is 1.58. The smallest absolute Gasteiger partial charge is 0.304 e. The Morgan fingerprint density at radius 1 is 1.03 bits per heavy atom. The molecule has 0 spiro atoms. The van der Waals surface area contributed by atoms with Gasteiger partial charge in [0.1, 0.15) is 11.6 Å². The molecule has 4 rings (SSSR count). The van der Waals surface area contributed by atoms with Crippen LogP contribution in [0.4, 0.5) is 4.39 Å². The Bertz CT molecular complexity index is 1110. The first-order valence-electron chi connectivity index (χ1n) is 9.74. The number of rotatable bonds is 5. The summed E-state index contributed by atoms with van der Waals surface area (Å²) >= 11 is 0. The third kappa shape index (κ3) is 4.45. The largest absolute Gasteiger partial charge is 0.497 e. The zero-order chi connectivity index (χ0) is 21.8. The molecule has 0 unspecified atom stereocenters. The van der Waals surface area contributed by atoms with E-state index in [1.54, 1.807) is 66.5 Å². The summed E-state index contributed by atoms with van der Waals surface area (Å²) in [6.07, 6.45) is 1.71. The van der Waals surface area contributed by atoms with Crippen LogP contribution < -0.4 is 15.5 Å². The molecule has 7 heteroatoms. The topological polar surface area (TPSA) is 70.4 Å². The Balaban J connectivity index is 1.70. The Hall–Kier alpha value is -4.00. The second-order valence-electron chi connectivity index (χ2n) is 7.10. The van der Waals surface area contributed by atoms with Gasteiger partial charge in [-0.25, -0.2) is 4.39 Å². The van der Waals surface area contributed by atoms with Gasteiger partial charge < -0.3 is 10.1 Å². The first-order valence-corrected chi connectivity index (χ1v) is 9.74. The number of hydrogen-bond donors (Lipinski definition) is 2. The SMILES string of the molecule is COc1ccc([C@H]2[C@@H](NC(=O)c3ccccc3)C(=O)N/[N+]2=C\c2ccc(F)cc2)cc1. The number of nitrogens with zero attached hydrogens (tertiary/aromatic N) is 1. The molecular weight excluding hydrogens is 397 g/mol. The van der Waals surface area contributed by atoms with Gasteiger partial charge in [0.2, 0.25) is 12.3 Å². The van der Waals surface area contributed by atoms with Crippen LogP contribution in [0, 0.1) is 5.82 Å². The van der Waals surface area contributed by atoms with Crippen LogP contribution in [0.1, 0.15) is 27.5 Å². The van der Waals surface area contributed by atoms with Crippen molar-refractivity contribution < 1.29 is 23.4 Å². The van der Waals surface area contributed by atoms with Gasteiger partial charge in [-0.2, -0.15) is 0 Å². The van der Waals surface area contributed by atoms with Gasteiger partial charge in [0.25, 0.3) is 5.91 Å². The summed E-state index contributed by atoms with van der Waals surface area (Å²) in [5.41, 5.74) is 4.77. The van der Waals surface area contributed by atoms with Crippen molar-refractivity contribution in [3.05, 3.63) is 101 Å². The molecule has 156 valence electrons. The van der Waals surface area contributed by atoms with Gasteiger partial charge in [-0.15, -0.1) is 10.1 Å². The van der Waals surface area contributed by atoms with Gasteiger partial charge in [0.05, 0.1) is 7.11 Å². The van der Waals surface area contributed by atoms with Gasteiger partial charge >= 0.3 is 5.91 Å². The molecule has 0 bridgehead atoms. The van der Waals surface area contributed by atoms with Gasteiger partial charge in [0.15, 0.2) is 6.04 Å². The number of hydrogen-bond acceptors (Lipinski definition) is 3. The fourth-order valence-electron chi connectivity index (χ4n) is 3.51. The van der Waals surface area contributed by atoms with E-state index in [1.807, 2.05) is 18.2 Å². The summed E-state index contributed by atoms with van der Waals surface area (Å²) in [5, 5.41) is 2.84. The number of hydrazine groups is 1. The van der Waals surface area contributed by atoms with Crippen LogP contribution in [0.25, 0.3) is 0 Å². The highest BCUT2D eigenvalue weighted by Crippen LogP contribution is 2.27. The van der Waals surface area contributed by atoms with E-state index in [0.29, 0.717) is 16.9 Å². The van der Waals surface area contributed by atoms with Gasteiger partial charge in [-0.3, -0.25) is 9.59 Å². The first-order chi connectivity index (χ1) is 15.0. The van der Waals surface area contributed by atoms with E-state index in [1.165, 1.54) is 12.1 Å². The Labute approximate surface area is 179 Å². The molecule has 3 aromatic carbocycles. The molecule has 6 nitrogen and oxygen atoms in total. The molecule has 1 aliphatic rings. The van der Waals surface area contributed by atoms with Crippen LogP contribution in [-0.2, 0) is 4.79 Å². The fourth-order valence-corrected chi connectivity index (χ4v) is 3.51. The standard InChI is InChI=1S/C24H20FN3O3/c1-31-20-13-9-17(10-14-20)22-21(26-23(29)18-5-3-2-4-6-18)24(30)27-28(22)15-16-7-11-19(25)12-8-16/h2-15,21-22H,1H3,(H-,26,27,29,30)/p+1/b28-15-/t21-,22+/m1/s1. The molecule has 0 saturated carbocycles. The molecule has 31 heavy (non-hydrogen) atoms. The van der Waals surface area contributed by atoms with Crippen molar-refractivity contribution in [2.45, 2.75) is 12.1 Å². The summed E-state index contributed by atoms with van der Waals surface area (Å²) in [5.74, 6) is -0.353. The molecule has 1 fully saturated rings. The number of carbonyl (C=O) groups excluding carboxylic acids is 2. The summed E-state index contributed by atoms with van der Waals surface area (Å²) in [6, 6.07) is 20.6. The van der Waals surface area contributed by atoms with E-state index in [0.717, 1.165) is 5.56 Å². The number of halogens is 1. The van der Waals surface area contributed by atoms with E-state index in [-0.39, 0.29) is 17.6 Å². The number of hydrazone groups is 1. The number of amides is 2. The zero-order valence-electron chi connectivity index (χ0n) is 16.8. The Morgan fingerprint density at radius 3 is 2.35 bits per heavy atom. The summed E-state index contributed by atoms with van der Waals surface area (Å²) in [4.78, 5) is 25.6. The summed E-state index contributed by atoms with van der Waals surface area (Å²) in [6.45, 7) is 0. The lowest BCUT2D eigenvalue weighted by Gasteiger charge is -2.15. The molecule has 1 saturated heterocycles. The quantitative estimate of drug-likeness (QED) is 0.626. The zero-order valence-corrected chi connectivity index (χ0v) is 16.8. The van der Waals surface area contributed by atoms with Crippen molar-refractivity contribution in [2.75, 3.05) is 7.11 Å². The molecule has 1 heterocycles. The van der Waals surface area contributed by atoms with E-state index in [2.05, 4.69) is 10.7 Å². The maximum absolute atomic E-state index is 13.3. The molecule has 0 aliphatic carbocycles. The molecule has 0 aromatic heterocycles. The number of nitrogens with one attached hydrogen (secondary N) is 2. The van der Waals surface area contributed by atoms with E-state index >= 15 is 0 Å². The third-order valence-electron chi connectivity index (χ3n) is 5.08. The molecule has 0 radical (unpaired) electrons. The number of ether oxygens (including phenoxy) is 1. The minimum atomic E-state index is -0.835. The third-order valence-corrected chi connectivity index (χ3v) is 5.08. The van der Waals surface area contributed by atoms with Crippen molar-refractivity contribution in [1.82, 2.24) is 10.7 Å². The van der Waals surface area contributed by atoms with Crippen LogP contribution in [0.3, 0.4) is 0 Å². The lowest BCUT2D eigenvalue weighted by Crippen LogP contribution is -2.42. The number of methoxy groups -OCH3 is 1. The second kappa shape index (κ2) is 8.79. The monoisotopic (exact) mass is 418 g/mol. The van der Waals surface area contributed by atoms with Gasteiger partial charge in [0, 0.05) is 16.7 Å². The van der Waals surface area contributed by atoms with Gasteiger partial charge in [-0.05, 0) is 60.7 Å². The number of carbonyl (C=O) groups is 2. The van der Waals surface area contributed by atoms with Crippen LogP contribution in [0.2, 0.25) is 0 Å². The Morgan fingerprint density at radius 2 is 1.71 bits per heavy atom. The Kier molecular flexibility index (Phi) is 5.75. The molecule has 2 amide bonds. The molecule has 2 atom stereocenters. The average molecular weight is 418 g/mol. The molecular formula is C24H21FN3O3+.